The lowest BCUT2D eigenvalue weighted by Gasteiger charge is -2.27. The first kappa shape index (κ1) is 22.0. The zero-order valence-corrected chi connectivity index (χ0v) is 17.0. The van der Waals surface area contributed by atoms with E-state index in [9.17, 15) is 27.6 Å². The number of nitrogens with one attached hydrogen (secondary N) is 1. The number of fused-ring (bicyclic) bond motifs is 1. The van der Waals surface area contributed by atoms with Gasteiger partial charge < -0.3 is 15.0 Å². The Morgan fingerprint density at radius 1 is 1.09 bits per heavy atom. The van der Waals surface area contributed by atoms with Crippen LogP contribution in [0, 0.1) is 0 Å². The number of likely N-dealkylation sites (tertiary alicyclic amines) is 1. The van der Waals surface area contributed by atoms with Gasteiger partial charge in [0.1, 0.15) is 18.7 Å². The van der Waals surface area contributed by atoms with E-state index in [2.05, 4.69) is 5.32 Å². The van der Waals surface area contributed by atoms with E-state index in [1.54, 1.807) is 24.3 Å². The van der Waals surface area contributed by atoms with Crippen molar-refractivity contribution in [2.24, 2.45) is 0 Å². The molecular weight excluding hydrogens is 425 g/mol. The molecule has 2 aromatic rings. The Bertz CT molecular complexity index is 1010. The highest BCUT2D eigenvalue weighted by Crippen LogP contribution is 2.30. The first-order chi connectivity index (χ1) is 15.2. The quantitative estimate of drug-likeness (QED) is 0.766. The van der Waals surface area contributed by atoms with E-state index in [-0.39, 0.29) is 30.5 Å². The molecule has 0 spiro atoms. The highest BCUT2D eigenvalue weighted by atomic mass is 19.4. The Labute approximate surface area is 182 Å². The Kier molecular flexibility index (Phi) is 6.01. The average molecular weight is 446 g/mol. The molecule has 0 aliphatic carbocycles. The van der Waals surface area contributed by atoms with Crippen LogP contribution in [0.2, 0.25) is 0 Å². The van der Waals surface area contributed by atoms with Crippen LogP contribution in [0.5, 0.6) is 0 Å². The minimum Gasteiger partial charge on any atom is -0.368 e. The normalized spacial score (nSPS) is 21.3. The van der Waals surface area contributed by atoms with E-state index in [4.69, 9.17) is 4.74 Å². The van der Waals surface area contributed by atoms with E-state index in [1.807, 2.05) is 6.07 Å². The van der Waals surface area contributed by atoms with Gasteiger partial charge in [0.25, 0.3) is 5.91 Å². The summed E-state index contributed by atoms with van der Waals surface area (Å²) in [6, 6.07) is 11.2. The summed E-state index contributed by atoms with van der Waals surface area (Å²) in [5, 5.41) is 2.65. The van der Waals surface area contributed by atoms with E-state index in [0.717, 1.165) is 29.8 Å². The predicted octanol–water partition coefficient (Wildman–Crippen LogP) is 2.62. The number of Topliss-reactive ketones (excluding diaryl/α,β-unsaturated/α-hetero) is 1. The van der Waals surface area contributed by atoms with Crippen molar-refractivity contribution >= 4 is 17.6 Å². The van der Waals surface area contributed by atoms with Crippen LogP contribution in [0.1, 0.15) is 27.9 Å². The molecule has 2 fully saturated rings. The first-order valence-corrected chi connectivity index (χ1v) is 10.2. The molecule has 4 rings (SSSR count). The summed E-state index contributed by atoms with van der Waals surface area (Å²) in [5.41, 5.74) is -0.0689. The fourth-order valence-electron chi connectivity index (χ4n) is 4.14. The van der Waals surface area contributed by atoms with Gasteiger partial charge in [0.15, 0.2) is 5.78 Å². The van der Waals surface area contributed by atoms with Gasteiger partial charge in [-0.25, -0.2) is 0 Å². The van der Waals surface area contributed by atoms with Crippen molar-refractivity contribution in [2.75, 3.05) is 13.2 Å². The van der Waals surface area contributed by atoms with E-state index >= 15 is 0 Å². The molecule has 2 aliphatic heterocycles. The van der Waals surface area contributed by atoms with E-state index < -0.39 is 35.6 Å². The van der Waals surface area contributed by atoms with Gasteiger partial charge in [0.05, 0.1) is 11.7 Å². The number of ketones is 1. The monoisotopic (exact) mass is 446 g/mol. The lowest BCUT2D eigenvalue weighted by Crippen LogP contribution is -2.53. The summed E-state index contributed by atoms with van der Waals surface area (Å²) in [6.07, 6.45) is -4.14. The van der Waals surface area contributed by atoms with Crippen LogP contribution in [0.25, 0.3) is 0 Å². The highest BCUT2D eigenvalue weighted by molar-refractivity contribution is 5.99. The fraction of sp³-hybridized carbons (Fsp3) is 0.348. The molecule has 0 aromatic heterocycles. The van der Waals surface area contributed by atoms with Crippen molar-refractivity contribution < 1.29 is 32.3 Å². The average Bonchev–Trinajstić information content (AvgIpc) is 3.36. The second kappa shape index (κ2) is 8.74. The molecule has 0 bridgehead atoms. The van der Waals surface area contributed by atoms with E-state index in [1.165, 1.54) is 4.90 Å². The lowest BCUT2D eigenvalue weighted by molar-refractivity contribution is -0.138. The van der Waals surface area contributed by atoms with Crippen molar-refractivity contribution in [1.82, 2.24) is 10.2 Å². The van der Waals surface area contributed by atoms with Crippen LogP contribution < -0.4 is 5.32 Å². The van der Waals surface area contributed by atoms with Crippen molar-refractivity contribution in [2.45, 2.75) is 37.2 Å². The fourth-order valence-corrected chi connectivity index (χ4v) is 4.14. The Balaban J connectivity index is 1.55. The van der Waals surface area contributed by atoms with Crippen molar-refractivity contribution in [3.63, 3.8) is 0 Å². The molecule has 9 heteroatoms. The Morgan fingerprint density at radius 2 is 1.78 bits per heavy atom. The van der Waals surface area contributed by atoms with Gasteiger partial charge in [-0.2, -0.15) is 13.2 Å². The first-order valence-electron chi connectivity index (χ1n) is 10.2. The number of carbonyl (C=O) groups is 3. The van der Waals surface area contributed by atoms with Crippen LogP contribution in [0.3, 0.4) is 0 Å². The Morgan fingerprint density at radius 3 is 2.44 bits per heavy atom. The number of hydrogen-bond donors (Lipinski definition) is 1. The molecule has 168 valence electrons. The molecule has 6 nitrogen and oxygen atoms in total. The summed E-state index contributed by atoms with van der Waals surface area (Å²) in [5.74, 6) is -1.26. The largest absolute Gasteiger partial charge is 0.416 e. The second-order valence-corrected chi connectivity index (χ2v) is 7.87. The molecule has 2 aromatic carbocycles. The number of hydrogen-bond acceptors (Lipinski definition) is 4. The number of amides is 2. The molecule has 3 unspecified atom stereocenters. The molecule has 2 aliphatic rings. The van der Waals surface area contributed by atoms with Gasteiger partial charge in [0, 0.05) is 18.5 Å². The molecule has 0 saturated carbocycles. The van der Waals surface area contributed by atoms with E-state index in [0.29, 0.717) is 13.0 Å². The maximum absolute atomic E-state index is 13.3. The van der Waals surface area contributed by atoms with Gasteiger partial charge in [-0.05, 0) is 36.2 Å². The van der Waals surface area contributed by atoms with Gasteiger partial charge >= 0.3 is 6.18 Å². The van der Waals surface area contributed by atoms with Gasteiger partial charge in [-0.15, -0.1) is 0 Å². The number of nitrogens with zero attached hydrogens (tertiary/aromatic N) is 1. The van der Waals surface area contributed by atoms with Crippen molar-refractivity contribution in [3.05, 3.63) is 71.3 Å². The zero-order chi connectivity index (χ0) is 22.9. The molecule has 3 atom stereocenters. The van der Waals surface area contributed by atoms with Crippen LogP contribution in [-0.4, -0.2) is 53.8 Å². The minimum atomic E-state index is -4.51. The predicted molar refractivity (Wildman–Crippen MR) is 108 cm³/mol. The van der Waals surface area contributed by atoms with Crippen LogP contribution >= 0.6 is 0 Å². The summed E-state index contributed by atoms with van der Waals surface area (Å²) >= 11 is 0. The zero-order valence-electron chi connectivity index (χ0n) is 17.0. The molecule has 1 N–H and O–H groups in total. The number of rotatable bonds is 5. The second-order valence-electron chi connectivity index (χ2n) is 7.87. The molecule has 2 amide bonds. The van der Waals surface area contributed by atoms with Gasteiger partial charge in [0.2, 0.25) is 5.91 Å². The smallest absolute Gasteiger partial charge is 0.368 e. The van der Waals surface area contributed by atoms with Crippen LogP contribution in [-0.2, 0) is 26.9 Å². The number of benzene rings is 2. The van der Waals surface area contributed by atoms with Crippen molar-refractivity contribution in [1.29, 1.82) is 0 Å². The number of halogens is 3. The number of carbonyl (C=O) groups excluding carboxylic acids is 3. The Hall–Kier alpha value is -3.20. The SMILES string of the molecule is O=C(NC(Cc1ccccc1)C(=O)N1CCC2OCC(=O)C21)c1ccc(C(F)(F)F)cc1. The molecule has 0 radical (unpaired) electrons. The lowest BCUT2D eigenvalue weighted by atomic mass is 10.0. The van der Waals surface area contributed by atoms with Crippen LogP contribution in [0.15, 0.2) is 54.6 Å². The third-order valence-corrected chi connectivity index (χ3v) is 5.76. The standard InChI is InChI=1S/C23H21F3N2O4/c24-23(25,26)16-8-6-15(7-9-16)21(30)27-17(12-14-4-2-1-3-5-14)22(31)28-11-10-19-20(28)18(29)13-32-19/h1-9,17,19-20H,10-13H2,(H,27,30). The maximum atomic E-state index is 13.3. The molecule has 32 heavy (non-hydrogen) atoms. The highest BCUT2D eigenvalue weighted by Gasteiger charge is 2.48. The van der Waals surface area contributed by atoms with Crippen molar-refractivity contribution in [3.8, 4) is 0 Å². The summed E-state index contributed by atoms with van der Waals surface area (Å²) in [7, 11) is 0. The topological polar surface area (TPSA) is 75.7 Å². The molecular formula is C23H21F3N2O4. The molecule has 2 heterocycles. The maximum Gasteiger partial charge on any atom is 0.416 e. The number of ether oxygens (including phenoxy) is 1. The van der Waals surface area contributed by atoms with Gasteiger partial charge in [-0.1, -0.05) is 30.3 Å². The third kappa shape index (κ3) is 4.52. The van der Waals surface area contributed by atoms with Crippen LogP contribution in [0.4, 0.5) is 13.2 Å². The molecule has 2 saturated heterocycles. The minimum absolute atomic E-state index is 0.00318. The summed E-state index contributed by atoms with van der Waals surface area (Å²) in [4.78, 5) is 39.8. The third-order valence-electron chi connectivity index (χ3n) is 5.76. The summed E-state index contributed by atoms with van der Waals surface area (Å²) in [6.45, 7) is 0.293. The summed E-state index contributed by atoms with van der Waals surface area (Å²) < 4.78 is 43.8. The van der Waals surface area contributed by atoms with Gasteiger partial charge in [-0.3, -0.25) is 14.4 Å². The number of alkyl halides is 3.